The molecule has 6 heteroatoms. The van der Waals surface area contributed by atoms with Crippen molar-refractivity contribution in [2.75, 3.05) is 5.73 Å². The largest absolute Gasteiger partial charge is 0.382 e. The van der Waals surface area contributed by atoms with Crippen LogP contribution in [-0.2, 0) is 4.74 Å². The van der Waals surface area contributed by atoms with Crippen LogP contribution in [0.1, 0.15) is 26.0 Å². The van der Waals surface area contributed by atoms with E-state index < -0.39 is 0 Å². The zero-order chi connectivity index (χ0) is 11.1. The molecule has 16 heavy (non-hydrogen) atoms. The number of nitrogens with two attached hydrogens (primary N) is 1. The van der Waals surface area contributed by atoms with Crippen LogP contribution in [0.15, 0.2) is 12.7 Å². The molecule has 84 valence electrons. The van der Waals surface area contributed by atoms with Gasteiger partial charge in [-0.1, -0.05) is 0 Å². The number of nitrogen functional groups attached to an aromatic ring is 1. The molecule has 6 nitrogen and oxygen atoms in total. The average Bonchev–Trinajstić information content (AvgIpc) is 2.84. The summed E-state index contributed by atoms with van der Waals surface area (Å²) in [5, 5.41) is 0. The molecule has 3 heterocycles. The van der Waals surface area contributed by atoms with Crippen LogP contribution in [0, 0.1) is 0 Å². The fourth-order valence-electron chi connectivity index (χ4n) is 2.07. The second-order valence-electron chi connectivity index (χ2n) is 4.06. The van der Waals surface area contributed by atoms with Gasteiger partial charge in [-0.3, -0.25) is 4.57 Å². The molecule has 0 spiro atoms. The van der Waals surface area contributed by atoms with Gasteiger partial charge in [0.15, 0.2) is 11.5 Å². The zero-order valence-electron chi connectivity index (χ0n) is 9.00. The van der Waals surface area contributed by atoms with Gasteiger partial charge in [-0.25, -0.2) is 15.0 Å². The molecular formula is C10H13N5O. The van der Waals surface area contributed by atoms with E-state index >= 15 is 0 Å². The van der Waals surface area contributed by atoms with Crippen molar-refractivity contribution in [3.8, 4) is 0 Å². The standard InChI is InChI=1S/C10H13N5O/c1-6-2-3-7(16-6)15-5-14-8-9(11)12-4-13-10(8)15/h4-7H,2-3H2,1H3,(H2,11,12,13). The van der Waals surface area contributed by atoms with Gasteiger partial charge in [0.05, 0.1) is 12.4 Å². The number of anilines is 1. The Kier molecular flexibility index (Phi) is 2.03. The van der Waals surface area contributed by atoms with Crippen LogP contribution < -0.4 is 5.73 Å². The van der Waals surface area contributed by atoms with Gasteiger partial charge in [0.1, 0.15) is 18.1 Å². The number of imidazole rings is 1. The number of nitrogens with zero attached hydrogens (tertiary/aromatic N) is 4. The van der Waals surface area contributed by atoms with Gasteiger partial charge in [-0.15, -0.1) is 0 Å². The Balaban J connectivity index is 2.08. The minimum Gasteiger partial charge on any atom is -0.382 e. The van der Waals surface area contributed by atoms with E-state index in [1.807, 2.05) is 4.57 Å². The Hall–Kier alpha value is -1.69. The molecule has 2 N–H and O–H groups in total. The van der Waals surface area contributed by atoms with Crippen molar-refractivity contribution < 1.29 is 4.74 Å². The van der Waals surface area contributed by atoms with Gasteiger partial charge < -0.3 is 10.5 Å². The van der Waals surface area contributed by atoms with E-state index in [9.17, 15) is 0 Å². The number of rotatable bonds is 1. The van der Waals surface area contributed by atoms with E-state index in [4.69, 9.17) is 10.5 Å². The highest BCUT2D eigenvalue weighted by molar-refractivity contribution is 5.81. The minimum atomic E-state index is 0.0225. The lowest BCUT2D eigenvalue weighted by Crippen LogP contribution is -2.09. The Morgan fingerprint density at radius 3 is 3.00 bits per heavy atom. The van der Waals surface area contributed by atoms with Crippen LogP contribution in [0.4, 0.5) is 5.82 Å². The summed E-state index contributed by atoms with van der Waals surface area (Å²) in [6, 6.07) is 0. The Bertz CT molecular complexity index is 523. The van der Waals surface area contributed by atoms with Crippen molar-refractivity contribution in [3.05, 3.63) is 12.7 Å². The number of ether oxygens (including phenoxy) is 1. The lowest BCUT2D eigenvalue weighted by Gasteiger charge is -2.12. The first kappa shape index (κ1) is 9.53. The molecular weight excluding hydrogens is 206 g/mol. The molecule has 0 aliphatic carbocycles. The Morgan fingerprint density at radius 2 is 2.25 bits per heavy atom. The van der Waals surface area contributed by atoms with Crippen molar-refractivity contribution in [2.45, 2.75) is 32.1 Å². The molecule has 0 bridgehead atoms. The third kappa shape index (κ3) is 1.34. The quantitative estimate of drug-likeness (QED) is 0.777. The van der Waals surface area contributed by atoms with E-state index in [0.717, 1.165) is 18.5 Å². The molecule has 1 saturated heterocycles. The first-order valence-corrected chi connectivity index (χ1v) is 5.34. The summed E-state index contributed by atoms with van der Waals surface area (Å²) in [7, 11) is 0. The molecule has 0 radical (unpaired) electrons. The molecule has 2 atom stereocenters. The highest BCUT2D eigenvalue weighted by Crippen LogP contribution is 2.30. The minimum absolute atomic E-state index is 0.0225. The maximum Gasteiger partial charge on any atom is 0.167 e. The molecule has 2 aromatic rings. The monoisotopic (exact) mass is 219 g/mol. The fourth-order valence-corrected chi connectivity index (χ4v) is 2.07. The number of aromatic nitrogens is 4. The lowest BCUT2D eigenvalue weighted by molar-refractivity contribution is 0.0131. The van der Waals surface area contributed by atoms with Gasteiger partial charge in [0.2, 0.25) is 0 Å². The van der Waals surface area contributed by atoms with Crippen LogP contribution in [0.3, 0.4) is 0 Å². The second kappa shape index (κ2) is 3.41. The molecule has 3 rings (SSSR count). The Labute approximate surface area is 92.5 Å². The van der Waals surface area contributed by atoms with Gasteiger partial charge in [-0.2, -0.15) is 0 Å². The van der Waals surface area contributed by atoms with Crippen molar-refractivity contribution in [1.29, 1.82) is 0 Å². The third-order valence-electron chi connectivity index (χ3n) is 2.91. The van der Waals surface area contributed by atoms with Gasteiger partial charge in [-0.05, 0) is 19.8 Å². The van der Waals surface area contributed by atoms with E-state index in [2.05, 4.69) is 21.9 Å². The molecule has 0 aromatic carbocycles. The van der Waals surface area contributed by atoms with Gasteiger partial charge in [0, 0.05) is 0 Å². The van der Waals surface area contributed by atoms with Crippen LogP contribution >= 0.6 is 0 Å². The van der Waals surface area contributed by atoms with E-state index in [0.29, 0.717) is 17.4 Å². The molecule has 1 fully saturated rings. The number of hydrogen-bond donors (Lipinski definition) is 1. The maximum absolute atomic E-state index is 5.78. The topological polar surface area (TPSA) is 78.9 Å². The molecule has 0 amide bonds. The summed E-state index contributed by atoms with van der Waals surface area (Å²) in [4.78, 5) is 12.3. The highest BCUT2D eigenvalue weighted by Gasteiger charge is 2.25. The van der Waals surface area contributed by atoms with Crippen LogP contribution in [0.25, 0.3) is 11.2 Å². The Morgan fingerprint density at radius 1 is 1.38 bits per heavy atom. The lowest BCUT2D eigenvalue weighted by atomic mass is 10.2. The van der Waals surface area contributed by atoms with Crippen LogP contribution in [0.5, 0.6) is 0 Å². The molecule has 2 aromatic heterocycles. The van der Waals surface area contributed by atoms with Crippen molar-refractivity contribution in [1.82, 2.24) is 19.5 Å². The van der Waals surface area contributed by atoms with Crippen molar-refractivity contribution in [3.63, 3.8) is 0 Å². The third-order valence-corrected chi connectivity index (χ3v) is 2.91. The van der Waals surface area contributed by atoms with E-state index in [-0.39, 0.29) is 6.23 Å². The van der Waals surface area contributed by atoms with Crippen molar-refractivity contribution >= 4 is 17.0 Å². The normalized spacial score (nSPS) is 25.3. The van der Waals surface area contributed by atoms with Crippen LogP contribution in [0.2, 0.25) is 0 Å². The van der Waals surface area contributed by atoms with Gasteiger partial charge in [0.25, 0.3) is 0 Å². The van der Waals surface area contributed by atoms with E-state index in [1.165, 1.54) is 6.33 Å². The highest BCUT2D eigenvalue weighted by atomic mass is 16.5. The van der Waals surface area contributed by atoms with E-state index in [1.54, 1.807) is 6.33 Å². The summed E-state index contributed by atoms with van der Waals surface area (Å²) < 4.78 is 7.70. The first-order valence-electron chi connectivity index (χ1n) is 5.34. The summed E-state index contributed by atoms with van der Waals surface area (Å²) >= 11 is 0. The summed E-state index contributed by atoms with van der Waals surface area (Å²) in [5.41, 5.74) is 7.11. The SMILES string of the molecule is CC1CCC(n2cnc3c(N)ncnc32)O1. The zero-order valence-corrected chi connectivity index (χ0v) is 9.00. The van der Waals surface area contributed by atoms with Crippen LogP contribution in [-0.4, -0.2) is 25.6 Å². The molecule has 1 aliphatic heterocycles. The maximum atomic E-state index is 5.78. The molecule has 0 saturated carbocycles. The van der Waals surface area contributed by atoms with Crippen molar-refractivity contribution in [2.24, 2.45) is 0 Å². The number of fused-ring (bicyclic) bond motifs is 1. The molecule has 1 aliphatic rings. The smallest absolute Gasteiger partial charge is 0.167 e. The summed E-state index contributed by atoms with van der Waals surface area (Å²) in [5.74, 6) is 0.412. The average molecular weight is 219 g/mol. The second-order valence-corrected chi connectivity index (χ2v) is 4.06. The number of hydrogen-bond acceptors (Lipinski definition) is 5. The fraction of sp³-hybridized carbons (Fsp3) is 0.500. The predicted molar refractivity (Wildman–Crippen MR) is 58.6 cm³/mol. The van der Waals surface area contributed by atoms with Gasteiger partial charge >= 0.3 is 0 Å². The summed E-state index contributed by atoms with van der Waals surface area (Å²) in [6.07, 6.45) is 5.53. The molecule has 2 unspecified atom stereocenters. The summed E-state index contributed by atoms with van der Waals surface area (Å²) in [6.45, 7) is 2.07. The predicted octanol–water partition coefficient (Wildman–Crippen LogP) is 1.11. The first-order chi connectivity index (χ1) is 7.75.